The second-order valence-corrected chi connectivity index (χ2v) is 8.97. The van der Waals surface area contributed by atoms with Gasteiger partial charge in [-0.2, -0.15) is 0 Å². The van der Waals surface area contributed by atoms with Crippen LogP contribution in [-0.4, -0.2) is 54.5 Å². The Morgan fingerprint density at radius 2 is 2.11 bits per heavy atom. The summed E-state index contributed by atoms with van der Waals surface area (Å²) in [6.07, 6.45) is 1.53. The maximum atomic E-state index is 13.4. The van der Waals surface area contributed by atoms with Gasteiger partial charge in [0.2, 0.25) is 10.0 Å². The zero-order chi connectivity index (χ0) is 20.7. The van der Waals surface area contributed by atoms with Crippen LogP contribution in [0.5, 0.6) is 0 Å². The van der Waals surface area contributed by atoms with Crippen molar-refractivity contribution in [3.63, 3.8) is 0 Å². The first-order chi connectivity index (χ1) is 13.2. The number of hydrogen-bond acceptors (Lipinski definition) is 8. The third-order valence-electron chi connectivity index (χ3n) is 3.70. The summed E-state index contributed by atoms with van der Waals surface area (Å²) >= 11 is 3.11. The van der Waals surface area contributed by atoms with Gasteiger partial charge in [-0.05, 0) is 58.0 Å². The fourth-order valence-electron chi connectivity index (χ4n) is 2.51. The molecule has 2 N–H and O–H groups in total. The molecular weight excluding hydrogens is 457 g/mol. The Morgan fingerprint density at radius 1 is 1.36 bits per heavy atom. The molecule has 0 bridgehead atoms. The van der Waals surface area contributed by atoms with Gasteiger partial charge in [-0.1, -0.05) is 16.4 Å². The van der Waals surface area contributed by atoms with E-state index in [0.29, 0.717) is 35.0 Å². The van der Waals surface area contributed by atoms with Crippen LogP contribution in [0.4, 0.5) is 4.39 Å². The van der Waals surface area contributed by atoms with Crippen molar-refractivity contribution in [2.75, 3.05) is 19.8 Å². The maximum absolute atomic E-state index is 13.4. The van der Waals surface area contributed by atoms with Crippen molar-refractivity contribution in [2.24, 2.45) is 5.16 Å². The minimum atomic E-state index is -3.38. The van der Waals surface area contributed by atoms with Gasteiger partial charge in [0, 0.05) is 20.5 Å². The highest BCUT2D eigenvalue weighted by Crippen LogP contribution is 2.19. The first kappa shape index (κ1) is 22.4. The van der Waals surface area contributed by atoms with E-state index in [1.54, 1.807) is 26.2 Å². The summed E-state index contributed by atoms with van der Waals surface area (Å²) in [5, 5.41) is 21.6. The van der Waals surface area contributed by atoms with Gasteiger partial charge >= 0.3 is 0 Å². The highest BCUT2D eigenvalue weighted by molar-refractivity contribution is 9.10. The van der Waals surface area contributed by atoms with E-state index in [0.717, 1.165) is 0 Å². The van der Waals surface area contributed by atoms with Gasteiger partial charge in [-0.3, -0.25) is 0 Å². The minimum Gasteiger partial charge on any atom is -0.411 e. The standard InChI is InChI=1S/C16H21BrFN5O4S/c1-23(2)22-28(25,26)8-4-3-5-14-16(21-27-20-14)15(19-24)10-11-6-7-13(18)12(17)9-11/h6-7,9,22,24H,3-5,8,10H2,1-2H3/b19-15+. The minimum absolute atomic E-state index is 0.0314. The molecule has 0 saturated heterocycles. The molecule has 1 heterocycles. The normalized spacial score (nSPS) is 12.7. The molecule has 0 aliphatic carbocycles. The predicted octanol–water partition coefficient (Wildman–Crippen LogP) is 2.11. The van der Waals surface area contributed by atoms with Gasteiger partial charge in [-0.15, -0.1) is 4.83 Å². The summed E-state index contributed by atoms with van der Waals surface area (Å²) in [5.74, 6) is -0.426. The fourth-order valence-corrected chi connectivity index (χ4v) is 4.17. The van der Waals surface area contributed by atoms with E-state index >= 15 is 0 Å². The lowest BCUT2D eigenvalue weighted by Gasteiger charge is -2.12. The Balaban J connectivity index is 1.98. The summed E-state index contributed by atoms with van der Waals surface area (Å²) in [5.41, 5.74) is 1.68. The number of hydrogen-bond donors (Lipinski definition) is 2. The van der Waals surface area contributed by atoms with Crippen LogP contribution in [0.25, 0.3) is 0 Å². The number of benzene rings is 1. The topological polar surface area (TPSA) is 121 Å². The highest BCUT2D eigenvalue weighted by atomic mass is 79.9. The molecule has 12 heteroatoms. The molecule has 154 valence electrons. The molecular formula is C16H21BrFN5O4S. The summed E-state index contributed by atoms with van der Waals surface area (Å²) in [6, 6.07) is 4.45. The molecule has 2 rings (SSSR count). The highest BCUT2D eigenvalue weighted by Gasteiger charge is 2.18. The number of rotatable bonds is 10. The average Bonchev–Trinajstić information content (AvgIpc) is 3.07. The van der Waals surface area contributed by atoms with E-state index in [-0.39, 0.29) is 23.6 Å². The van der Waals surface area contributed by atoms with Gasteiger partial charge < -0.3 is 5.21 Å². The van der Waals surface area contributed by atoms with Crippen LogP contribution in [0.2, 0.25) is 0 Å². The van der Waals surface area contributed by atoms with Crippen molar-refractivity contribution in [3.05, 3.63) is 45.4 Å². The second kappa shape index (κ2) is 10.0. The van der Waals surface area contributed by atoms with Crippen LogP contribution in [0, 0.1) is 5.82 Å². The Bertz CT molecular complexity index is 933. The van der Waals surface area contributed by atoms with Crippen molar-refractivity contribution in [1.29, 1.82) is 0 Å². The molecule has 0 saturated carbocycles. The zero-order valence-electron chi connectivity index (χ0n) is 15.4. The molecule has 0 unspecified atom stereocenters. The summed E-state index contributed by atoms with van der Waals surface area (Å²) in [4.78, 5) is 2.36. The Kier molecular flexibility index (Phi) is 8.04. The predicted molar refractivity (Wildman–Crippen MR) is 104 cm³/mol. The third-order valence-corrected chi connectivity index (χ3v) is 5.78. The molecule has 1 aromatic carbocycles. The van der Waals surface area contributed by atoms with Crippen LogP contribution < -0.4 is 4.83 Å². The third kappa shape index (κ3) is 6.62. The summed E-state index contributed by atoms with van der Waals surface area (Å²) in [6.45, 7) is 0. The van der Waals surface area contributed by atoms with Crippen molar-refractivity contribution in [1.82, 2.24) is 20.2 Å². The van der Waals surface area contributed by atoms with Crippen molar-refractivity contribution in [3.8, 4) is 0 Å². The first-order valence-corrected chi connectivity index (χ1v) is 10.8. The van der Waals surface area contributed by atoms with Gasteiger partial charge in [-0.25, -0.2) is 22.4 Å². The lowest BCUT2D eigenvalue weighted by molar-refractivity contribution is 0.300. The number of halogens is 2. The number of unbranched alkanes of at least 4 members (excludes halogenated alkanes) is 1. The lowest BCUT2D eigenvalue weighted by atomic mass is 10.0. The maximum Gasteiger partial charge on any atom is 0.224 e. The average molecular weight is 478 g/mol. The Morgan fingerprint density at radius 3 is 2.75 bits per heavy atom. The molecule has 28 heavy (non-hydrogen) atoms. The largest absolute Gasteiger partial charge is 0.411 e. The van der Waals surface area contributed by atoms with E-state index < -0.39 is 15.8 Å². The molecule has 0 fully saturated rings. The molecule has 9 nitrogen and oxygen atoms in total. The smallest absolute Gasteiger partial charge is 0.224 e. The summed E-state index contributed by atoms with van der Waals surface area (Å²) in [7, 11) is -0.189. The molecule has 0 amide bonds. The van der Waals surface area contributed by atoms with Gasteiger partial charge in [0.25, 0.3) is 0 Å². The lowest BCUT2D eigenvalue weighted by Crippen LogP contribution is -2.37. The van der Waals surface area contributed by atoms with Crippen LogP contribution in [0.15, 0.2) is 32.5 Å². The first-order valence-electron chi connectivity index (χ1n) is 8.36. The van der Waals surface area contributed by atoms with Crippen molar-refractivity contribution < 1.29 is 22.6 Å². The van der Waals surface area contributed by atoms with E-state index in [9.17, 15) is 18.0 Å². The van der Waals surface area contributed by atoms with Gasteiger partial charge in [0.15, 0.2) is 5.69 Å². The molecule has 0 aliphatic rings. The molecule has 0 aliphatic heterocycles. The van der Waals surface area contributed by atoms with E-state index in [4.69, 9.17) is 4.63 Å². The number of aryl methyl sites for hydroxylation is 1. The second-order valence-electron chi connectivity index (χ2n) is 6.29. The number of nitrogens with zero attached hydrogens (tertiary/aromatic N) is 4. The molecule has 0 spiro atoms. The SMILES string of the molecule is CN(C)NS(=O)(=O)CCCCc1nonc1/C(Cc1ccc(F)c(Br)c1)=N/O. The van der Waals surface area contributed by atoms with E-state index in [1.165, 1.54) is 11.1 Å². The van der Waals surface area contributed by atoms with Crippen LogP contribution in [0.1, 0.15) is 29.8 Å². The summed E-state index contributed by atoms with van der Waals surface area (Å²) < 4.78 is 42.0. The van der Waals surface area contributed by atoms with E-state index in [2.05, 4.69) is 36.2 Å². The molecule has 2 aromatic rings. The van der Waals surface area contributed by atoms with Gasteiger partial charge in [0.1, 0.15) is 17.2 Å². The number of hydrazine groups is 1. The van der Waals surface area contributed by atoms with Crippen LogP contribution >= 0.6 is 15.9 Å². The number of oxime groups is 1. The quantitative estimate of drug-likeness (QED) is 0.232. The Hall–Kier alpha value is -1.89. The number of nitrogens with one attached hydrogen (secondary N) is 1. The molecule has 0 atom stereocenters. The van der Waals surface area contributed by atoms with Crippen LogP contribution in [0.3, 0.4) is 0 Å². The Labute approximate surface area is 170 Å². The number of sulfonamides is 1. The fraction of sp³-hybridized carbons (Fsp3) is 0.438. The van der Waals surface area contributed by atoms with Crippen molar-refractivity contribution in [2.45, 2.75) is 25.7 Å². The van der Waals surface area contributed by atoms with Crippen LogP contribution in [-0.2, 0) is 22.9 Å². The van der Waals surface area contributed by atoms with Crippen molar-refractivity contribution >= 4 is 31.7 Å². The number of aromatic nitrogens is 2. The molecule has 1 aromatic heterocycles. The molecule has 0 radical (unpaired) electrons. The zero-order valence-corrected chi connectivity index (χ0v) is 17.8. The van der Waals surface area contributed by atoms with E-state index in [1.807, 2.05) is 0 Å². The monoisotopic (exact) mass is 477 g/mol. The van der Waals surface area contributed by atoms with Gasteiger partial charge in [0.05, 0.1) is 10.2 Å².